The molecule has 2 N–H and O–H groups in total. The second-order valence-electron chi connectivity index (χ2n) is 4.46. The van der Waals surface area contributed by atoms with E-state index < -0.39 is 0 Å². The molecule has 0 radical (unpaired) electrons. The van der Waals surface area contributed by atoms with Gasteiger partial charge in [0, 0.05) is 4.47 Å². The summed E-state index contributed by atoms with van der Waals surface area (Å²) < 4.78 is 0.813. The predicted octanol–water partition coefficient (Wildman–Crippen LogP) is 4.02. The fraction of sp³-hybridized carbons (Fsp3) is 0.133. The van der Waals surface area contributed by atoms with Gasteiger partial charge in [0.1, 0.15) is 5.75 Å². The van der Waals surface area contributed by atoms with Gasteiger partial charge < -0.3 is 10.4 Å². The molecule has 0 aromatic heterocycles. The number of anilines is 1. The van der Waals surface area contributed by atoms with Crippen molar-refractivity contribution in [1.29, 1.82) is 0 Å². The summed E-state index contributed by atoms with van der Waals surface area (Å²) in [6.07, 6.45) is 0. The number of phenols is 1. The van der Waals surface area contributed by atoms with E-state index in [0.29, 0.717) is 5.69 Å². The third-order valence-electron chi connectivity index (χ3n) is 2.77. The minimum atomic E-state index is -0.328. The Balaban J connectivity index is 2.28. The molecule has 0 heterocycles. The number of aryl methyl sites for hydroxylation is 2. The van der Waals surface area contributed by atoms with Gasteiger partial charge in [-0.15, -0.1) is 0 Å². The van der Waals surface area contributed by atoms with E-state index in [1.54, 1.807) is 12.1 Å². The number of amides is 1. The monoisotopic (exact) mass is 319 g/mol. The van der Waals surface area contributed by atoms with Crippen LogP contribution in [0.25, 0.3) is 0 Å². The first kappa shape index (κ1) is 13.6. The topological polar surface area (TPSA) is 49.3 Å². The summed E-state index contributed by atoms with van der Waals surface area (Å²) in [5, 5.41) is 12.5. The van der Waals surface area contributed by atoms with Crippen molar-refractivity contribution in [3.8, 4) is 5.75 Å². The predicted molar refractivity (Wildman–Crippen MR) is 79.7 cm³/mol. The van der Waals surface area contributed by atoms with Crippen LogP contribution < -0.4 is 5.32 Å². The zero-order valence-corrected chi connectivity index (χ0v) is 12.3. The van der Waals surface area contributed by atoms with Crippen LogP contribution in [0, 0.1) is 13.8 Å². The molecule has 0 fully saturated rings. The van der Waals surface area contributed by atoms with Crippen molar-refractivity contribution < 1.29 is 9.90 Å². The van der Waals surface area contributed by atoms with Gasteiger partial charge in [0.15, 0.2) is 0 Å². The second kappa shape index (κ2) is 5.45. The van der Waals surface area contributed by atoms with Crippen molar-refractivity contribution in [3.05, 3.63) is 57.6 Å². The molecule has 3 nitrogen and oxygen atoms in total. The largest absolute Gasteiger partial charge is 0.507 e. The van der Waals surface area contributed by atoms with Crippen molar-refractivity contribution in [2.75, 3.05) is 5.32 Å². The molecule has 98 valence electrons. The Labute approximate surface area is 120 Å². The summed E-state index contributed by atoms with van der Waals surface area (Å²) in [5.74, 6) is -0.350. The maximum absolute atomic E-state index is 12.1. The van der Waals surface area contributed by atoms with Crippen LogP contribution in [0.4, 0.5) is 5.69 Å². The zero-order chi connectivity index (χ0) is 14.0. The van der Waals surface area contributed by atoms with Gasteiger partial charge in [-0.3, -0.25) is 4.79 Å². The highest BCUT2D eigenvalue weighted by molar-refractivity contribution is 9.10. The molecular formula is C15H14BrNO2. The number of carbonyl (C=O) groups is 1. The summed E-state index contributed by atoms with van der Waals surface area (Å²) in [6, 6.07) is 10.6. The quantitative estimate of drug-likeness (QED) is 0.878. The van der Waals surface area contributed by atoms with Crippen molar-refractivity contribution >= 4 is 27.5 Å². The highest BCUT2D eigenvalue weighted by Gasteiger charge is 2.12. The number of hydrogen-bond donors (Lipinski definition) is 2. The first-order valence-electron chi connectivity index (χ1n) is 5.84. The Morgan fingerprint density at radius 1 is 1.11 bits per heavy atom. The van der Waals surface area contributed by atoms with Gasteiger partial charge in [-0.05, 0) is 59.6 Å². The van der Waals surface area contributed by atoms with Crippen molar-refractivity contribution in [3.63, 3.8) is 0 Å². The summed E-state index contributed by atoms with van der Waals surface area (Å²) in [7, 11) is 0. The van der Waals surface area contributed by atoms with E-state index in [0.717, 1.165) is 15.6 Å². The third-order valence-corrected chi connectivity index (χ3v) is 3.43. The Morgan fingerprint density at radius 3 is 2.42 bits per heavy atom. The fourth-order valence-electron chi connectivity index (χ4n) is 1.74. The van der Waals surface area contributed by atoms with Crippen molar-refractivity contribution in [1.82, 2.24) is 0 Å². The van der Waals surface area contributed by atoms with Gasteiger partial charge in [-0.1, -0.05) is 17.7 Å². The number of rotatable bonds is 2. The SMILES string of the molecule is Cc1ccc(NC(=O)c2cc(C)ccc2O)c(Br)c1. The van der Waals surface area contributed by atoms with Crippen LogP contribution >= 0.6 is 15.9 Å². The van der Waals surface area contributed by atoms with E-state index in [9.17, 15) is 9.90 Å². The van der Waals surface area contributed by atoms with Crippen LogP contribution in [0.5, 0.6) is 5.75 Å². The smallest absolute Gasteiger partial charge is 0.259 e. The minimum absolute atomic E-state index is 0.0219. The van der Waals surface area contributed by atoms with Crippen LogP contribution in [-0.2, 0) is 0 Å². The molecule has 2 rings (SSSR count). The van der Waals surface area contributed by atoms with Gasteiger partial charge in [0.05, 0.1) is 11.3 Å². The summed E-state index contributed by atoms with van der Waals surface area (Å²) in [5.41, 5.74) is 2.97. The molecule has 0 aliphatic heterocycles. The van der Waals surface area contributed by atoms with E-state index >= 15 is 0 Å². The number of hydrogen-bond acceptors (Lipinski definition) is 2. The third kappa shape index (κ3) is 3.15. The van der Waals surface area contributed by atoms with Gasteiger partial charge >= 0.3 is 0 Å². The molecule has 2 aromatic rings. The summed E-state index contributed by atoms with van der Waals surface area (Å²) in [6.45, 7) is 3.85. The molecule has 0 aliphatic rings. The van der Waals surface area contributed by atoms with Crippen LogP contribution in [0.1, 0.15) is 21.5 Å². The van der Waals surface area contributed by atoms with Crippen LogP contribution in [0.15, 0.2) is 40.9 Å². The number of aromatic hydroxyl groups is 1. The van der Waals surface area contributed by atoms with Crippen LogP contribution in [-0.4, -0.2) is 11.0 Å². The Kier molecular flexibility index (Phi) is 3.90. The lowest BCUT2D eigenvalue weighted by Gasteiger charge is -2.09. The highest BCUT2D eigenvalue weighted by Crippen LogP contribution is 2.25. The first-order valence-corrected chi connectivity index (χ1v) is 6.64. The molecule has 0 saturated heterocycles. The molecule has 0 saturated carbocycles. The molecule has 0 bridgehead atoms. The minimum Gasteiger partial charge on any atom is -0.507 e. The molecule has 0 unspecified atom stereocenters. The van der Waals surface area contributed by atoms with Gasteiger partial charge in [-0.2, -0.15) is 0 Å². The summed E-state index contributed by atoms with van der Waals surface area (Å²) >= 11 is 3.40. The molecule has 4 heteroatoms. The van der Waals surface area contributed by atoms with E-state index in [2.05, 4.69) is 21.2 Å². The lowest BCUT2D eigenvalue weighted by molar-refractivity contribution is 0.102. The maximum Gasteiger partial charge on any atom is 0.259 e. The molecule has 0 atom stereocenters. The highest BCUT2D eigenvalue weighted by atomic mass is 79.9. The maximum atomic E-state index is 12.1. The lowest BCUT2D eigenvalue weighted by Crippen LogP contribution is -2.12. The summed E-state index contributed by atoms with van der Waals surface area (Å²) in [4.78, 5) is 12.1. The molecule has 0 spiro atoms. The molecule has 0 aliphatic carbocycles. The number of phenolic OH excluding ortho intramolecular Hbond substituents is 1. The zero-order valence-electron chi connectivity index (χ0n) is 10.7. The van der Waals surface area contributed by atoms with Crippen molar-refractivity contribution in [2.45, 2.75) is 13.8 Å². The normalized spacial score (nSPS) is 10.3. The van der Waals surface area contributed by atoms with Crippen LogP contribution in [0.2, 0.25) is 0 Å². The number of benzene rings is 2. The van der Waals surface area contributed by atoms with Gasteiger partial charge in [0.25, 0.3) is 5.91 Å². The fourth-order valence-corrected chi connectivity index (χ4v) is 2.34. The average Bonchev–Trinajstić information content (AvgIpc) is 2.35. The molecular weight excluding hydrogens is 306 g/mol. The number of carbonyl (C=O) groups excluding carboxylic acids is 1. The standard InChI is InChI=1S/C15H14BrNO2/c1-9-4-6-14(18)11(7-9)15(19)17-13-5-3-10(2)8-12(13)16/h3-8,18H,1-2H3,(H,17,19). The van der Waals surface area contributed by atoms with E-state index in [1.165, 1.54) is 6.07 Å². The Bertz CT molecular complexity index is 638. The van der Waals surface area contributed by atoms with E-state index in [4.69, 9.17) is 0 Å². The molecule has 2 aromatic carbocycles. The second-order valence-corrected chi connectivity index (χ2v) is 5.31. The molecule has 1 amide bonds. The van der Waals surface area contributed by atoms with Gasteiger partial charge in [-0.25, -0.2) is 0 Å². The number of halogens is 1. The van der Waals surface area contributed by atoms with Crippen molar-refractivity contribution in [2.24, 2.45) is 0 Å². The first-order chi connectivity index (χ1) is 8.97. The lowest BCUT2D eigenvalue weighted by atomic mass is 10.1. The molecule has 19 heavy (non-hydrogen) atoms. The number of nitrogens with one attached hydrogen (secondary N) is 1. The Hall–Kier alpha value is -1.81. The average molecular weight is 320 g/mol. The van der Waals surface area contributed by atoms with E-state index in [-0.39, 0.29) is 17.2 Å². The van der Waals surface area contributed by atoms with E-state index in [1.807, 2.05) is 32.0 Å². The Morgan fingerprint density at radius 2 is 1.74 bits per heavy atom. The van der Waals surface area contributed by atoms with Gasteiger partial charge in [0.2, 0.25) is 0 Å². The van der Waals surface area contributed by atoms with Crippen LogP contribution in [0.3, 0.4) is 0 Å².